The molecule has 4 rings (SSSR count). The van der Waals surface area contributed by atoms with Crippen molar-refractivity contribution in [1.29, 1.82) is 0 Å². The van der Waals surface area contributed by atoms with Gasteiger partial charge in [-0.3, -0.25) is 19.8 Å². The number of amides is 3. The van der Waals surface area contributed by atoms with Crippen LogP contribution in [0.5, 0.6) is 0 Å². The topological polar surface area (TPSA) is 92.2 Å². The molecular formula is C26H22BrClN4O3. The first-order valence-electron chi connectivity index (χ1n) is 10.7. The SMILES string of the molecule is Cc1cc(Br)ccc1NC(=O)c1cc2cc(Cl)ccc2n1NC(=O)C(=O)Nc1c(C)cccc1C. The van der Waals surface area contributed by atoms with E-state index in [4.69, 9.17) is 11.6 Å². The number of para-hydroxylation sites is 1. The Balaban J connectivity index is 1.65. The Bertz CT molecular complexity index is 1480. The number of fused-ring (bicyclic) bond motifs is 1. The fraction of sp³-hybridized carbons (Fsp3) is 0.115. The first-order valence-corrected chi connectivity index (χ1v) is 11.9. The summed E-state index contributed by atoms with van der Waals surface area (Å²) in [5, 5.41) is 6.63. The Morgan fingerprint density at radius 1 is 0.829 bits per heavy atom. The fourth-order valence-electron chi connectivity index (χ4n) is 3.76. The molecule has 0 saturated carbocycles. The van der Waals surface area contributed by atoms with Crippen LogP contribution < -0.4 is 16.1 Å². The smallest absolute Gasteiger partial charge is 0.320 e. The molecule has 4 aromatic rings. The minimum atomic E-state index is -0.922. The van der Waals surface area contributed by atoms with Crippen LogP contribution in [0.2, 0.25) is 5.02 Å². The molecule has 3 N–H and O–H groups in total. The zero-order valence-electron chi connectivity index (χ0n) is 19.2. The van der Waals surface area contributed by atoms with Crippen LogP contribution in [0.3, 0.4) is 0 Å². The molecule has 0 bridgehead atoms. The summed E-state index contributed by atoms with van der Waals surface area (Å²) in [7, 11) is 0. The van der Waals surface area contributed by atoms with E-state index < -0.39 is 17.7 Å². The average Bonchev–Trinajstić information content (AvgIpc) is 3.15. The lowest BCUT2D eigenvalue weighted by Crippen LogP contribution is -2.36. The average molecular weight is 554 g/mol. The van der Waals surface area contributed by atoms with E-state index in [1.54, 1.807) is 30.3 Å². The molecule has 35 heavy (non-hydrogen) atoms. The Labute approximate surface area is 215 Å². The third-order valence-electron chi connectivity index (χ3n) is 5.57. The molecular weight excluding hydrogens is 532 g/mol. The maximum atomic E-state index is 13.2. The van der Waals surface area contributed by atoms with E-state index in [-0.39, 0.29) is 5.69 Å². The fourth-order valence-corrected chi connectivity index (χ4v) is 4.42. The number of nitrogens with one attached hydrogen (secondary N) is 3. The van der Waals surface area contributed by atoms with Gasteiger partial charge in [0.1, 0.15) is 5.69 Å². The van der Waals surface area contributed by atoms with Gasteiger partial charge in [0.2, 0.25) is 0 Å². The zero-order valence-corrected chi connectivity index (χ0v) is 21.5. The van der Waals surface area contributed by atoms with Gasteiger partial charge in [0.25, 0.3) is 5.91 Å². The van der Waals surface area contributed by atoms with Gasteiger partial charge >= 0.3 is 11.8 Å². The van der Waals surface area contributed by atoms with Crippen molar-refractivity contribution in [2.75, 3.05) is 16.1 Å². The van der Waals surface area contributed by atoms with E-state index in [0.717, 1.165) is 21.2 Å². The standard InChI is InChI=1S/C26H22BrClN4O3/c1-14-5-4-6-15(2)23(14)30-25(34)26(35)31-32-21-10-8-19(28)12-17(21)13-22(32)24(33)29-20-9-7-18(27)11-16(20)3/h4-13H,1-3H3,(H,29,33)(H,30,34)(H,31,35). The molecule has 1 aromatic heterocycles. The second-order valence-electron chi connectivity index (χ2n) is 8.14. The summed E-state index contributed by atoms with van der Waals surface area (Å²) >= 11 is 9.54. The van der Waals surface area contributed by atoms with E-state index >= 15 is 0 Å². The highest BCUT2D eigenvalue weighted by atomic mass is 79.9. The van der Waals surface area contributed by atoms with E-state index in [0.29, 0.717) is 27.3 Å². The first-order chi connectivity index (χ1) is 16.6. The van der Waals surface area contributed by atoms with Crippen LogP contribution in [-0.4, -0.2) is 22.4 Å². The van der Waals surface area contributed by atoms with Gasteiger partial charge in [-0.05, 0) is 79.9 Å². The second kappa shape index (κ2) is 9.93. The van der Waals surface area contributed by atoms with Gasteiger partial charge in [-0.2, -0.15) is 0 Å². The molecule has 3 amide bonds. The van der Waals surface area contributed by atoms with Crippen molar-refractivity contribution in [3.63, 3.8) is 0 Å². The highest BCUT2D eigenvalue weighted by Gasteiger charge is 2.22. The number of benzene rings is 3. The van der Waals surface area contributed by atoms with E-state index in [1.807, 2.05) is 51.1 Å². The van der Waals surface area contributed by atoms with Crippen LogP contribution in [0.15, 0.2) is 65.1 Å². The lowest BCUT2D eigenvalue weighted by atomic mass is 10.1. The molecule has 0 aliphatic carbocycles. The number of halogens is 2. The number of carbonyl (C=O) groups excluding carboxylic acids is 3. The summed E-state index contributed by atoms with van der Waals surface area (Å²) in [6, 6.07) is 17.6. The third-order valence-corrected chi connectivity index (χ3v) is 6.30. The van der Waals surface area contributed by atoms with Gasteiger partial charge in [0, 0.05) is 26.3 Å². The minimum absolute atomic E-state index is 0.137. The quantitative estimate of drug-likeness (QED) is 0.273. The predicted octanol–water partition coefficient (Wildman–Crippen LogP) is 5.94. The number of aryl methyl sites for hydroxylation is 3. The second-order valence-corrected chi connectivity index (χ2v) is 9.50. The summed E-state index contributed by atoms with van der Waals surface area (Å²) in [5.74, 6) is -2.24. The van der Waals surface area contributed by atoms with Crippen LogP contribution in [-0.2, 0) is 9.59 Å². The highest BCUT2D eigenvalue weighted by molar-refractivity contribution is 9.10. The predicted molar refractivity (Wildman–Crippen MR) is 143 cm³/mol. The third kappa shape index (κ3) is 5.23. The van der Waals surface area contributed by atoms with Crippen LogP contribution in [0.1, 0.15) is 27.2 Å². The van der Waals surface area contributed by atoms with Crippen molar-refractivity contribution in [2.24, 2.45) is 0 Å². The normalized spacial score (nSPS) is 10.8. The molecule has 0 unspecified atom stereocenters. The van der Waals surface area contributed by atoms with Crippen LogP contribution in [0.25, 0.3) is 10.9 Å². The summed E-state index contributed by atoms with van der Waals surface area (Å²) in [6.07, 6.45) is 0. The molecule has 9 heteroatoms. The Hall–Kier alpha value is -3.62. The molecule has 0 spiro atoms. The van der Waals surface area contributed by atoms with Gasteiger partial charge in [-0.15, -0.1) is 0 Å². The lowest BCUT2D eigenvalue weighted by Gasteiger charge is -2.15. The van der Waals surface area contributed by atoms with E-state index in [2.05, 4.69) is 32.0 Å². The first kappa shape index (κ1) is 24.5. The van der Waals surface area contributed by atoms with Crippen LogP contribution >= 0.6 is 27.5 Å². The molecule has 0 atom stereocenters. The largest absolute Gasteiger partial charge is 0.328 e. The van der Waals surface area contributed by atoms with Crippen molar-refractivity contribution in [3.05, 3.63) is 92.5 Å². The number of nitrogens with zero attached hydrogens (tertiary/aromatic N) is 1. The van der Waals surface area contributed by atoms with Gasteiger partial charge in [0.15, 0.2) is 0 Å². The van der Waals surface area contributed by atoms with Crippen molar-refractivity contribution < 1.29 is 14.4 Å². The number of anilines is 2. The van der Waals surface area contributed by atoms with Gasteiger partial charge in [-0.1, -0.05) is 45.7 Å². The number of rotatable bonds is 4. The minimum Gasteiger partial charge on any atom is -0.320 e. The van der Waals surface area contributed by atoms with Crippen molar-refractivity contribution in [1.82, 2.24) is 4.68 Å². The van der Waals surface area contributed by atoms with Gasteiger partial charge in [0.05, 0.1) is 5.52 Å². The van der Waals surface area contributed by atoms with Crippen LogP contribution in [0.4, 0.5) is 11.4 Å². The maximum absolute atomic E-state index is 13.2. The van der Waals surface area contributed by atoms with E-state index in [1.165, 1.54) is 4.68 Å². The molecule has 0 saturated heterocycles. The van der Waals surface area contributed by atoms with E-state index in [9.17, 15) is 14.4 Å². The molecule has 178 valence electrons. The number of carbonyl (C=O) groups is 3. The highest BCUT2D eigenvalue weighted by Crippen LogP contribution is 2.25. The van der Waals surface area contributed by atoms with Crippen molar-refractivity contribution in [3.8, 4) is 0 Å². The molecule has 7 nitrogen and oxygen atoms in total. The Morgan fingerprint density at radius 2 is 1.54 bits per heavy atom. The summed E-state index contributed by atoms with van der Waals surface area (Å²) in [4.78, 5) is 38.8. The number of hydrogen-bond donors (Lipinski definition) is 3. The van der Waals surface area contributed by atoms with Crippen molar-refractivity contribution in [2.45, 2.75) is 20.8 Å². The summed E-state index contributed by atoms with van der Waals surface area (Å²) in [6.45, 7) is 5.56. The molecule has 0 aliphatic heterocycles. The number of aromatic nitrogens is 1. The molecule has 0 radical (unpaired) electrons. The van der Waals surface area contributed by atoms with Crippen molar-refractivity contribution >= 4 is 67.5 Å². The summed E-state index contributed by atoms with van der Waals surface area (Å²) < 4.78 is 2.18. The Morgan fingerprint density at radius 3 is 2.23 bits per heavy atom. The lowest BCUT2D eigenvalue weighted by molar-refractivity contribution is -0.133. The zero-order chi connectivity index (χ0) is 25.3. The van der Waals surface area contributed by atoms with Crippen LogP contribution in [0, 0.1) is 20.8 Å². The van der Waals surface area contributed by atoms with Gasteiger partial charge in [-0.25, -0.2) is 4.68 Å². The molecule has 3 aromatic carbocycles. The molecule has 0 fully saturated rings. The van der Waals surface area contributed by atoms with Gasteiger partial charge < -0.3 is 10.6 Å². The summed E-state index contributed by atoms with van der Waals surface area (Å²) in [5.41, 5.74) is 6.91. The maximum Gasteiger partial charge on any atom is 0.328 e. The number of hydrogen-bond acceptors (Lipinski definition) is 3. The molecule has 1 heterocycles. The monoisotopic (exact) mass is 552 g/mol. The molecule has 0 aliphatic rings. The Kier molecular flexibility index (Phi) is 6.95.